The van der Waals surface area contributed by atoms with Gasteiger partial charge in [0.15, 0.2) is 0 Å². The highest BCUT2D eigenvalue weighted by Crippen LogP contribution is 2.54. The second kappa shape index (κ2) is 10.0. The number of amides is 1. The molecule has 1 aromatic carbocycles. The van der Waals surface area contributed by atoms with Crippen molar-refractivity contribution in [1.82, 2.24) is 19.9 Å². The summed E-state index contributed by atoms with van der Waals surface area (Å²) in [6, 6.07) is 4.96. The minimum Gasteiger partial charge on any atom is -0.479 e. The molecule has 4 rings (SSSR count). The highest BCUT2D eigenvalue weighted by atomic mass is 79.9. The first-order valence-corrected chi connectivity index (χ1v) is 13.7. The van der Waals surface area contributed by atoms with Gasteiger partial charge >= 0.3 is 5.97 Å². The standard InChI is InChI=1S/C27H31BrN4O3S/c1-16(2)13-27(25(34)35)14-18(21-15-29-8-9-30-21)22(23-31-10-11-36-23)32(27)24(33)17-6-7-19(20(28)12-17)26(3,4)5/h6-12,15-16,18,22H,13-14H2,1-5H3,(H,34,35)/t18-,22-,27+/m1/s1. The SMILES string of the molecule is CC(C)C[C@@]1(C(=O)O)C[C@H](c2cnccn2)[C@H](c2nccs2)N1C(=O)c1ccc(C(C)(C)C)c(Br)c1. The molecular formula is C27H31BrN4O3S. The van der Waals surface area contributed by atoms with Crippen molar-refractivity contribution in [1.29, 1.82) is 0 Å². The van der Waals surface area contributed by atoms with Crippen LogP contribution >= 0.6 is 27.3 Å². The highest BCUT2D eigenvalue weighted by molar-refractivity contribution is 9.10. The van der Waals surface area contributed by atoms with E-state index in [1.165, 1.54) is 11.3 Å². The average molecular weight is 572 g/mol. The molecule has 1 fully saturated rings. The van der Waals surface area contributed by atoms with Crippen LogP contribution in [0.4, 0.5) is 0 Å². The minimum absolute atomic E-state index is 0.0453. The summed E-state index contributed by atoms with van der Waals surface area (Å²) >= 11 is 5.06. The van der Waals surface area contributed by atoms with Gasteiger partial charge in [-0.1, -0.05) is 56.6 Å². The Hall–Kier alpha value is -2.65. The molecule has 1 amide bonds. The molecule has 1 aliphatic heterocycles. The second-order valence-corrected chi connectivity index (χ2v) is 12.6. The molecule has 7 nitrogen and oxygen atoms in total. The molecule has 1 N–H and O–H groups in total. The van der Waals surface area contributed by atoms with Crippen molar-refractivity contribution in [2.75, 3.05) is 0 Å². The number of nitrogens with zero attached hydrogens (tertiary/aromatic N) is 4. The fourth-order valence-corrected chi connectivity index (χ4v) is 7.07. The number of carboxylic acids is 1. The summed E-state index contributed by atoms with van der Waals surface area (Å²) in [5, 5.41) is 13.2. The van der Waals surface area contributed by atoms with Crippen molar-refractivity contribution in [2.24, 2.45) is 5.92 Å². The van der Waals surface area contributed by atoms with Crippen LogP contribution in [0.5, 0.6) is 0 Å². The first-order chi connectivity index (χ1) is 17.0. The second-order valence-electron chi connectivity index (χ2n) is 10.8. The number of carboxylic acid groups (broad SMARTS) is 1. The molecule has 2 aromatic heterocycles. The van der Waals surface area contributed by atoms with Crippen molar-refractivity contribution in [3.05, 3.63) is 74.7 Å². The summed E-state index contributed by atoms with van der Waals surface area (Å²) < 4.78 is 0.820. The Labute approximate surface area is 224 Å². The Morgan fingerprint density at radius 3 is 2.50 bits per heavy atom. The summed E-state index contributed by atoms with van der Waals surface area (Å²) in [7, 11) is 0. The van der Waals surface area contributed by atoms with Crippen molar-refractivity contribution >= 4 is 39.1 Å². The smallest absolute Gasteiger partial charge is 0.329 e. The Kier molecular flexibility index (Phi) is 7.35. The largest absolute Gasteiger partial charge is 0.479 e. The molecule has 1 saturated heterocycles. The van der Waals surface area contributed by atoms with Crippen LogP contribution in [0.3, 0.4) is 0 Å². The topological polar surface area (TPSA) is 96.3 Å². The van der Waals surface area contributed by atoms with Gasteiger partial charge in [0.25, 0.3) is 5.91 Å². The molecule has 190 valence electrons. The summed E-state index contributed by atoms with van der Waals surface area (Å²) in [5.74, 6) is -1.65. The first-order valence-electron chi connectivity index (χ1n) is 12.0. The number of benzene rings is 1. The van der Waals surface area contributed by atoms with Gasteiger partial charge in [-0.2, -0.15) is 0 Å². The minimum atomic E-state index is -1.42. The molecule has 0 saturated carbocycles. The van der Waals surface area contributed by atoms with E-state index in [-0.39, 0.29) is 29.6 Å². The van der Waals surface area contributed by atoms with E-state index < -0.39 is 17.6 Å². The van der Waals surface area contributed by atoms with Gasteiger partial charge in [-0.15, -0.1) is 11.3 Å². The molecule has 0 unspecified atom stereocenters. The lowest BCUT2D eigenvalue weighted by atomic mass is 9.83. The number of aromatic nitrogens is 3. The maximum Gasteiger partial charge on any atom is 0.329 e. The number of carbonyl (C=O) groups is 2. The quantitative estimate of drug-likeness (QED) is 0.377. The van der Waals surface area contributed by atoms with Crippen LogP contribution in [-0.4, -0.2) is 42.4 Å². The first kappa shape index (κ1) is 26.4. The zero-order valence-corrected chi connectivity index (χ0v) is 23.5. The van der Waals surface area contributed by atoms with E-state index in [0.717, 1.165) is 10.0 Å². The Morgan fingerprint density at radius 1 is 1.22 bits per heavy atom. The Morgan fingerprint density at radius 2 is 1.97 bits per heavy atom. The number of likely N-dealkylation sites (tertiary alicyclic amines) is 1. The summed E-state index contributed by atoms with van der Waals surface area (Å²) in [6.45, 7) is 10.3. The number of aliphatic carboxylic acids is 1. The van der Waals surface area contributed by atoms with E-state index in [0.29, 0.717) is 22.7 Å². The van der Waals surface area contributed by atoms with Crippen LogP contribution in [0.15, 0.2) is 52.8 Å². The van der Waals surface area contributed by atoms with Gasteiger partial charge in [0.1, 0.15) is 10.5 Å². The predicted molar refractivity (Wildman–Crippen MR) is 143 cm³/mol. The van der Waals surface area contributed by atoms with E-state index in [1.54, 1.807) is 41.8 Å². The molecule has 9 heteroatoms. The summed E-state index contributed by atoms with van der Waals surface area (Å²) in [5.41, 5.74) is 0.633. The van der Waals surface area contributed by atoms with E-state index in [4.69, 9.17) is 0 Å². The fourth-order valence-electron chi connectivity index (χ4n) is 5.30. The van der Waals surface area contributed by atoms with Crippen LogP contribution < -0.4 is 0 Å². The molecule has 1 aliphatic rings. The van der Waals surface area contributed by atoms with Gasteiger partial charge in [-0.25, -0.2) is 9.78 Å². The van der Waals surface area contributed by atoms with Crippen LogP contribution in [0.2, 0.25) is 0 Å². The molecule has 3 aromatic rings. The van der Waals surface area contributed by atoms with Crippen LogP contribution in [0.1, 0.15) is 86.0 Å². The van der Waals surface area contributed by atoms with Gasteiger partial charge in [0.2, 0.25) is 0 Å². The lowest BCUT2D eigenvalue weighted by Crippen LogP contribution is -2.54. The number of hydrogen-bond acceptors (Lipinski definition) is 6. The van der Waals surface area contributed by atoms with Gasteiger partial charge in [-0.3, -0.25) is 14.8 Å². The lowest BCUT2D eigenvalue weighted by molar-refractivity contribution is -0.150. The van der Waals surface area contributed by atoms with Crippen LogP contribution in [0, 0.1) is 5.92 Å². The summed E-state index contributed by atoms with van der Waals surface area (Å²) in [4.78, 5) is 42.3. The normalized spacial score (nSPS) is 22.2. The molecule has 3 heterocycles. The Balaban J connectivity index is 1.91. The van der Waals surface area contributed by atoms with E-state index in [1.807, 2.05) is 25.3 Å². The maximum atomic E-state index is 14.3. The van der Waals surface area contributed by atoms with Crippen LogP contribution in [-0.2, 0) is 10.2 Å². The zero-order chi connectivity index (χ0) is 26.3. The van der Waals surface area contributed by atoms with E-state index in [9.17, 15) is 14.7 Å². The molecule has 0 aliphatic carbocycles. The van der Waals surface area contributed by atoms with Crippen molar-refractivity contribution in [3.8, 4) is 0 Å². The third-order valence-electron chi connectivity index (χ3n) is 6.73. The molecule has 3 atom stereocenters. The lowest BCUT2D eigenvalue weighted by Gasteiger charge is -2.39. The van der Waals surface area contributed by atoms with Crippen LogP contribution in [0.25, 0.3) is 0 Å². The van der Waals surface area contributed by atoms with E-state index >= 15 is 0 Å². The maximum absolute atomic E-state index is 14.3. The van der Waals surface area contributed by atoms with Crippen molar-refractivity contribution < 1.29 is 14.7 Å². The monoisotopic (exact) mass is 570 g/mol. The predicted octanol–water partition coefficient (Wildman–Crippen LogP) is 6.23. The molecular weight excluding hydrogens is 540 g/mol. The third-order valence-corrected chi connectivity index (χ3v) is 8.23. The Bertz CT molecular complexity index is 1240. The molecule has 0 spiro atoms. The highest BCUT2D eigenvalue weighted by Gasteiger charge is 2.60. The van der Waals surface area contributed by atoms with Crippen molar-refractivity contribution in [2.45, 2.75) is 70.4 Å². The van der Waals surface area contributed by atoms with Gasteiger partial charge < -0.3 is 10.0 Å². The van der Waals surface area contributed by atoms with Gasteiger partial charge in [0, 0.05) is 46.1 Å². The molecule has 0 bridgehead atoms. The summed E-state index contributed by atoms with van der Waals surface area (Å²) in [6.07, 6.45) is 7.09. The van der Waals surface area contributed by atoms with Gasteiger partial charge in [0.05, 0.1) is 11.7 Å². The van der Waals surface area contributed by atoms with Gasteiger partial charge in [-0.05, 0) is 41.9 Å². The molecule has 0 radical (unpaired) electrons. The van der Waals surface area contributed by atoms with E-state index in [2.05, 4.69) is 51.7 Å². The third kappa shape index (κ3) is 4.83. The number of halogens is 1. The van der Waals surface area contributed by atoms with Crippen molar-refractivity contribution in [3.63, 3.8) is 0 Å². The molecule has 36 heavy (non-hydrogen) atoms. The number of hydrogen-bond donors (Lipinski definition) is 1. The number of thiazole rings is 1. The zero-order valence-electron chi connectivity index (χ0n) is 21.1. The fraction of sp³-hybridized carbons (Fsp3) is 0.444. The number of rotatable bonds is 6. The number of carbonyl (C=O) groups excluding carboxylic acids is 1. The average Bonchev–Trinajstić information content (AvgIpc) is 3.44.